The van der Waals surface area contributed by atoms with Gasteiger partial charge in [0.05, 0.1) is 0 Å². The number of epoxide rings is 1. The molecule has 4 atom stereocenters. The molecule has 2 fully saturated rings. The summed E-state index contributed by atoms with van der Waals surface area (Å²) in [6.45, 7) is 0. The van der Waals surface area contributed by atoms with Crippen LogP contribution in [0, 0.1) is 11.3 Å². The fourth-order valence-corrected chi connectivity index (χ4v) is 2.77. The van der Waals surface area contributed by atoms with Gasteiger partial charge in [0.15, 0.2) is 5.60 Å². The third-order valence-corrected chi connectivity index (χ3v) is 5.02. The Morgan fingerprint density at radius 3 is 2.82 bits per heavy atom. The van der Waals surface area contributed by atoms with E-state index in [1.807, 2.05) is 0 Å². The molecule has 0 bridgehead atoms. The van der Waals surface area contributed by atoms with Gasteiger partial charge in [-0.3, -0.25) is 0 Å². The van der Waals surface area contributed by atoms with Crippen molar-refractivity contribution in [2.75, 3.05) is 0 Å². The Labute approximate surface area is 82.2 Å². The van der Waals surface area contributed by atoms with E-state index >= 15 is 0 Å². The van der Waals surface area contributed by atoms with Crippen LogP contribution in [-0.2, 0) is 4.74 Å². The molecule has 0 radical (unpaired) electrons. The van der Waals surface area contributed by atoms with E-state index in [4.69, 9.17) is 10.00 Å². The number of fused-ring (bicyclic) bond motifs is 1. The van der Waals surface area contributed by atoms with Crippen LogP contribution >= 0.6 is 31.9 Å². The average Bonchev–Trinajstić information content (AvgIpc) is 2.64. The Kier molecular flexibility index (Phi) is 1.79. The molecule has 1 aliphatic heterocycles. The van der Waals surface area contributed by atoms with Gasteiger partial charge in [0.1, 0.15) is 12.2 Å². The molecule has 1 heterocycles. The van der Waals surface area contributed by atoms with Crippen molar-refractivity contribution in [3.8, 4) is 6.07 Å². The van der Waals surface area contributed by atoms with E-state index < -0.39 is 5.60 Å². The minimum Gasteiger partial charge on any atom is -0.350 e. The first-order chi connectivity index (χ1) is 5.18. The van der Waals surface area contributed by atoms with E-state index in [1.165, 1.54) is 0 Å². The van der Waals surface area contributed by atoms with Crippen LogP contribution in [-0.4, -0.2) is 21.4 Å². The minimum atomic E-state index is -0.432. The predicted octanol–water partition coefficient (Wildman–Crippen LogP) is 1.97. The van der Waals surface area contributed by atoms with E-state index in [9.17, 15) is 0 Å². The highest BCUT2D eigenvalue weighted by Gasteiger charge is 2.61. The Balaban J connectivity index is 2.11. The summed E-state index contributed by atoms with van der Waals surface area (Å²) >= 11 is 7.06. The molecular weight excluding hydrogens is 274 g/mol. The second kappa shape index (κ2) is 2.45. The highest BCUT2D eigenvalue weighted by molar-refractivity contribution is 9.12. The molecule has 2 rings (SSSR count). The van der Waals surface area contributed by atoms with Crippen molar-refractivity contribution >= 4 is 31.9 Å². The maximum absolute atomic E-state index is 8.78. The summed E-state index contributed by atoms with van der Waals surface area (Å²) in [5.74, 6) is 0. The quantitative estimate of drug-likeness (QED) is 0.502. The fraction of sp³-hybridized carbons (Fsp3) is 0.857. The standard InChI is InChI=1S/C7H7Br2NO/c8-4-1-6-7(3-10,11-6)2-5(4)9/h4-6H,1-2H2. The highest BCUT2D eigenvalue weighted by atomic mass is 79.9. The molecular formula is C7H7Br2NO. The van der Waals surface area contributed by atoms with Crippen LogP contribution in [0.3, 0.4) is 0 Å². The SMILES string of the molecule is N#CC12CC(Br)C(Br)CC1O2. The maximum Gasteiger partial charge on any atom is 0.181 e. The Hall–Kier alpha value is 0.410. The fourth-order valence-electron chi connectivity index (χ4n) is 1.55. The Morgan fingerprint density at radius 2 is 2.18 bits per heavy atom. The molecule has 0 aromatic heterocycles. The van der Waals surface area contributed by atoms with Crippen molar-refractivity contribution in [3.05, 3.63) is 0 Å². The van der Waals surface area contributed by atoms with Crippen molar-refractivity contribution < 1.29 is 4.74 Å². The van der Waals surface area contributed by atoms with Gasteiger partial charge in [-0.2, -0.15) is 5.26 Å². The van der Waals surface area contributed by atoms with Crippen molar-refractivity contribution in [3.63, 3.8) is 0 Å². The molecule has 1 saturated carbocycles. The van der Waals surface area contributed by atoms with E-state index in [0.717, 1.165) is 12.8 Å². The second-order valence-electron chi connectivity index (χ2n) is 3.08. The molecule has 11 heavy (non-hydrogen) atoms. The van der Waals surface area contributed by atoms with Crippen LogP contribution < -0.4 is 0 Å². The van der Waals surface area contributed by atoms with Crippen molar-refractivity contribution in [1.82, 2.24) is 0 Å². The van der Waals surface area contributed by atoms with Crippen LogP contribution in [0.5, 0.6) is 0 Å². The topological polar surface area (TPSA) is 36.3 Å². The maximum atomic E-state index is 8.78. The molecule has 0 spiro atoms. The molecule has 2 nitrogen and oxygen atoms in total. The molecule has 1 aliphatic carbocycles. The van der Waals surface area contributed by atoms with Crippen molar-refractivity contribution in [2.45, 2.75) is 34.2 Å². The third kappa shape index (κ3) is 1.14. The summed E-state index contributed by atoms with van der Waals surface area (Å²) in [5.41, 5.74) is -0.432. The summed E-state index contributed by atoms with van der Waals surface area (Å²) in [6, 6.07) is 2.23. The lowest BCUT2D eigenvalue weighted by Gasteiger charge is -2.21. The number of ether oxygens (including phenoxy) is 1. The molecule has 0 aromatic carbocycles. The lowest BCUT2D eigenvalue weighted by molar-refractivity contribution is 0.335. The average molecular weight is 281 g/mol. The zero-order valence-electron chi connectivity index (χ0n) is 5.76. The zero-order chi connectivity index (χ0) is 8.06. The number of nitrogens with zero attached hydrogens (tertiary/aromatic N) is 1. The van der Waals surface area contributed by atoms with Gasteiger partial charge in [0.25, 0.3) is 0 Å². The number of nitriles is 1. The minimum absolute atomic E-state index is 0.186. The number of hydrogen-bond acceptors (Lipinski definition) is 2. The van der Waals surface area contributed by atoms with Gasteiger partial charge in [0, 0.05) is 16.1 Å². The first-order valence-electron chi connectivity index (χ1n) is 3.55. The molecule has 2 aliphatic rings. The van der Waals surface area contributed by atoms with Gasteiger partial charge in [-0.15, -0.1) is 0 Å². The van der Waals surface area contributed by atoms with E-state index in [-0.39, 0.29) is 6.10 Å². The van der Waals surface area contributed by atoms with Gasteiger partial charge < -0.3 is 4.74 Å². The predicted molar refractivity (Wildman–Crippen MR) is 47.9 cm³/mol. The first kappa shape index (κ1) is 8.03. The van der Waals surface area contributed by atoms with Crippen molar-refractivity contribution in [1.29, 1.82) is 5.26 Å². The molecule has 4 unspecified atom stereocenters. The third-order valence-electron chi connectivity index (χ3n) is 2.33. The van der Waals surface area contributed by atoms with Gasteiger partial charge in [-0.25, -0.2) is 0 Å². The van der Waals surface area contributed by atoms with Gasteiger partial charge in [-0.05, 0) is 6.42 Å². The molecule has 0 aromatic rings. The highest BCUT2D eigenvalue weighted by Crippen LogP contribution is 2.50. The number of hydrogen-bond donors (Lipinski definition) is 0. The van der Waals surface area contributed by atoms with Gasteiger partial charge in [-0.1, -0.05) is 31.9 Å². The lowest BCUT2D eigenvalue weighted by atomic mass is 9.90. The summed E-state index contributed by atoms with van der Waals surface area (Å²) < 4.78 is 5.33. The van der Waals surface area contributed by atoms with Gasteiger partial charge in [0.2, 0.25) is 0 Å². The molecule has 1 saturated heterocycles. The lowest BCUT2D eigenvalue weighted by Crippen LogP contribution is -2.31. The Bertz CT molecular complexity index is 227. The first-order valence-corrected chi connectivity index (χ1v) is 5.38. The van der Waals surface area contributed by atoms with Crippen LogP contribution in [0.15, 0.2) is 0 Å². The molecule has 60 valence electrons. The molecule has 0 N–H and O–H groups in total. The summed E-state index contributed by atoms with van der Waals surface area (Å²) in [6.07, 6.45) is 1.94. The number of halogens is 2. The summed E-state index contributed by atoms with van der Waals surface area (Å²) in [7, 11) is 0. The second-order valence-corrected chi connectivity index (χ2v) is 5.43. The van der Waals surface area contributed by atoms with E-state index in [2.05, 4.69) is 37.9 Å². The van der Waals surface area contributed by atoms with Crippen LogP contribution in [0.2, 0.25) is 0 Å². The van der Waals surface area contributed by atoms with E-state index in [0.29, 0.717) is 9.65 Å². The Morgan fingerprint density at radius 1 is 1.45 bits per heavy atom. The van der Waals surface area contributed by atoms with Crippen LogP contribution in [0.4, 0.5) is 0 Å². The smallest absolute Gasteiger partial charge is 0.181 e. The van der Waals surface area contributed by atoms with E-state index in [1.54, 1.807) is 0 Å². The largest absolute Gasteiger partial charge is 0.350 e. The molecule has 4 heteroatoms. The molecule has 0 amide bonds. The summed E-state index contributed by atoms with van der Waals surface area (Å²) in [4.78, 5) is 0.831. The van der Waals surface area contributed by atoms with Crippen LogP contribution in [0.25, 0.3) is 0 Å². The normalized spacial score (nSPS) is 54.5. The summed E-state index contributed by atoms with van der Waals surface area (Å²) in [5, 5.41) is 8.78. The zero-order valence-corrected chi connectivity index (χ0v) is 8.93. The van der Waals surface area contributed by atoms with Crippen LogP contribution in [0.1, 0.15) is 12.8 Å². The monoisotopic (exact) mass is 279 g/mol. The van der Waals surface area contributed by atoms with Crippen molar-refractivity contribution in [2.24, 2.45) is 0 Å². The number of rotatable bonds is 0. The van der Waals surface area contributed by atoms with Gasteiger partial charge >= 0.3 is 0 Å². The number of alkyl halides is 2.